The first-order valence-corrected chi connectivity index (χ1v) is 20.6. The van der Waals surface area contributed by atoms with Crippen molar-refractivity contribution in [1.29, 1.82) is 0 Å². The van der Waals surface area contributed by atoms with Gasteiger partial charge in [-0.3, -0.25) is 15.6 Å². The summed E-state index contributed by atoms with van der Waals surface area (Å²) in [4.78, 5) is 25.0. The number of allylic oxidation sites excluding steroid dienone is 1. The van der Waals surface area contributed by atoms with Gasteiger partial charge in [0.2, 0.25) is 6.29 Å². The molecule has 4 bridgehead atoms. The summed E-state index contributed by atoms with van der Waals surface area (Å²) < 4.78 is 26.4. The second kappa shape index (κ2) is 12.2. The van der Waals surface area contributed by atoms with Gasteiger partial charge in [0.25, 0.3) is 0 Å². The minimum atomic E-state index is -1.77. The Morgan fingerprint density at radius 2 is 1.86 bits per heavy atom. The highest BCUT2D eigenvalue weighted by Gasteiger charge is 2.72. The van der Waals surface area contributed by atoms with Gasteiger partial charge in [-0.05, 0) is 111 Å². The molecule has 8 N–H and O–H groups in total. The van der Waals surface area contributed by atoms with Gasteiger partial charge in [0.1, 0.15) is 41.2 Å². The number of aromatic hydroxyl groups is 2. The number of aliphatic hydroxyl groups is 3. The normalized spacial score (nSPS) is 43.9. The van der Waals surface area contributed by atoms with E-state index in [1.807, 2.05) is 0 Å². The number of phenols is 2. The van der Waals surface area contributed by atoms with Gasteiger partial charge in [-0.25, -0.2) is 4.79 Å². The van der Waals surface area contributed by atoms with Crippen LogP contribution in [0.5, 0.6) is 17.2 Å². The van der Waals surface area contributed by atoms with E-state index in [1.54, 1.807) is 0 Å². The Labute approximate surface area is 328 Å². The first-order valence-electron chi connectivity index (χ1n) is 20.6. The van der Waals surface area contributed by atoms with Crippen LogP contribution in [-0.2, 0) is 14.2 Å². The number of ether oxygens (including phenoxy) is 4. The number of hydrogen-bond acceptors (Lipinski definition) is 13. The topological polar surface area (TPSA) is 216 Å². The lowest BCUT2D eigenvalue weighted by Crippen LogP contribution is -2.79. The number of aromatic carboxylic acids is 1. The maximum Gasteiger partial charge on any atom is 0.335 e. The molecule has 5 heterocycles. The quantitative estimate of drug-likeness (QED) is 0.165. The SMILES string of the molecule is CC(=O)c1c(C)c(O)c2cc(C(=O)O)cc(O[C@@H]3O[C@@H]4[C@@H](O)CC[C@H]5O[C@@]4(C[C@@H]4C6=C5CC=C6[C@H]5COC[C@H]6C[C@]78CCC[C@H]7NN[C@@]4(C8)[C@@H]65)[C@H](O)[C@H]3O)c2c1O. The molecular formula is C43H50N2O12. The summed E-state index contributed by atoms with van der Waals surface area (Å²) in [7, 11) is 0. The van der Waals surface area contributed by atoms with Gasteiger partial charge < -0.3 is 49.6 Å². The van der Waals surface area contributed by atoms with E-state index in [1.165, 1.54) is 25.0 Å². The number of carbonyl (C=O) groups is 2. The van der Waals surface area contributed by atoms with Crippen molar-refractivity contribution < 1.29 is 59.2 Å². The van der Waals surface area contributed by atoms with E-state index >= 15 is 0 Å². The van der Waals surface area contributed by atoms with Crippen molar-refractivity contribution in [2.45, 2.75) is 126 Å². The number of Topliss-reactive ketones (excluding diaryl/α,β-unsaturated/α-hetero) is 1. The van der Waals surface area contributed by atoms with E-state index in [0.29, 0.717) is 38.0 Å². The molecule has 0 radical (unpaired) electrons. The van der Waals surface area contributed by atoms with Crippen LogP contribution in [0.4, 0.5) is 0 Å². The van der Waals surface area contributed by atoms with Gasteiger partial charge >= 0.3 is 5.97 Å². The summed E-state index contributed by atoms with van der Waals surface area (Å²) in [6.45, 7) is 4.02. The number of fused-ring (bicyclic) bond motifs is 4. The molecule has 7 fully saturated rings. The van der Waals surface area contributed by atoms with Crippen LogP contribution >= 0.6 is 0 Å². The molecule has 2 aromatic rings. The number of carbonyl (C=O) groups excluding carboxylic acids is 1. The van der Waals surface area contributed by atoms with Gasteiger partial charge in [-0.15, -0.1) is 0 Å². The van der Waals surface area contributed by atoms with Crippen LogP contribution in [0.1, 0.15) is 91.0 Å². The fourth-order valence-electron chi connectivity index (χ4n) is 14.0. The average Bonchev–Trinajstić information content (AvgIpc) is 3.72. The molecule has 0 unspecified atom stereocenters. The summed E-state index contributed by atoms with van der Waals surface area (Å²) in [5.74, 6) is -2.50. The fraction of sp³-hybridized carbons (Fsp3) is 0.628. The molecule has 14 heteroatoms. The number of carboxylic acid groups (broad SMARTS) is 1. The van der Waals surface area contributed by atoms with E-state index in [9.17, 15) is 40.2 Å². The largest absolute Gasteiger partial charge is 0.507 e. The summed E-state index contributed by atoms with van der Waals surface area (Å²) >= 11 is 0. The second-order valence-electron chi connectivity index (χ2n) is 18.6. The molecule has 14 nitrogen and oxygen atoms in total. The van der Waals surface area contributed by atoms with Crippen LogP contribution in [0.2, 0.25) is 0 Å². The van der Waals surface area contributed by atoms with Gasteiger partial charge in [0.15, 0.2) is 5.78 Å². The number of carboxylic acids is 1. The van der Waals surface area contributed by atoms with Crippen molar-refractivity contribution in [2.75, 3.05) is 13.2 Å². The van der Waals surface area contributed by atoms with Crippen molar-refractivity contribution in [3.8, 4) is 17.2 Å². The summed E-state index contributed by atoms with van der Waals surface area (Å²) in [5, 5.41) is 69.2. The third-order valence-electron chi connectivity index (χ3n) is 16.0. The molecular weight excluding hydrogens is 736 g/mol. The lowest BCUT2D eigenvalue weighted by Gasteiger charge is -2.68. The number of phenolic OH excluding ortho intramolecular Hbond substituents is 2. The summed E-state index contributed by atoms with van der Waals surface area (Å²) in [6, 6.07) is 2.63. The van der Waals surface area contributed by atoms with E-state index in [-0.39, 0.29) is 69.2 Å². The molecule has 0 amide bonds. The van der Waals surface area contributed by atoms with E-state index < -0.39 is 71.2 Å². The van der Waals surface area contributed by atoms with Crippen LogP contribution in [0.3, 0.4) is 0 Å². The predicted molar refractivity (Wildman–Crippen MR) is 201 cm³/mol. The molecule has 5 aliphatic heterocycles. The first-order chi connectivity index (χ1) is 27.3. The van der Waals surface area contributed by atoms with Crippen LogP contribution in [0, 0.1) is 36.0 Å². The minimum absolute atomic E-state index is 0.0584. The number of hydrogen-bond donors (Lipinski definition) is 8. The number of ketones is 1. The molecule has 4 saturated heterocycles. The monoisotopic (exact) mass is 786 g/mol. The smallest absolute Gasteiger partial charge is 0.335 e. The van der Waals surface area contributed by atoms with Crippen LogP contribution in [0.15, 0.2) is 34.9 Å². The number of nitrogens with one attached hydrogen (secondary N) is 2. The van der Waals surface area contributed by atoms with Gasteiger partial charge in [-0.2, -0.15) is 0 Å². The third kappa shape index (κ3) is 4.69. The molecule has 3 spiro atoms. The minimum Gasteiger partial charge on any atom is -0.507 e. The Balaban J connectivity index is 1.02. The standard InChI is InChI=1S/C43H50N2O12/c1-17-30(18(2)46)35(49)32-23(34(17)48)10-19(39(52)53)11-28(32)55-40-36(50)37(51)43-13-25-31-21(5-6-22(31)27(57-43)8-7-26(47)38(43)56-40)24-15-54-14-20-12-41-9-3-4-29(41)44-45-42(25,16-41)33(20)24/h5,10-11,20,24-27,29,33,36-38,40,44-45,47-51H,3-4,6-9,12-16H2,1-2H3,(H,52,53)/t20-,24-,25-,26+,27-,29-,33+,36-,37-,38-,40-,41+,42-,43+/m1/s1. The van der Waals surface area contributed by atoms with E-state index in [0.717, 1.165) is 49.8 Å². The lowest BCUT2D eigenvalue weighted by atomic mass is 9.43. The van der Waals surface area contributed by atoms with Crippen LogP contribution < -0.4 is 15.6 Å². The Kier molecular flexibility index (Phi) is 7.83. The van der Waals surface area contributed by atoms with Gasteiger partial charge in [-0.1, -0.05) is 12.5 Å². The molecule has 0 aromatic heterocycles. The molecule has 9 aliphatic rings. The summed E-state index contributed by atoms with van der Waals surface area (Å²) in [5.41, 5.74) is 9.22. The predicted octanol–water partition coefficient (Wildman–Crippen LogP) is 3.28. The highest BCUT2D eigenvalue weighted by Crippen LogP contribution is 2.69. The molecule has 304 valence electrons. The Morgan fingerprint density at radius 3 is 2.65 bits per heavy atom. The second-order valence-corrected chi connectivity index (χ2v) is 18.6. The maximum absolute atomic E-state index is 12.7. The highest BCUT2D eigenvalue weighted by molar-refractivity contribution is 6.11. The molecule has 14 atom stereocenters. The van der Waals surface area contributed by atoms with E-state index in [2.05, 4.69) is 16.9 Å². The Hall–Kier alpha value is -3.60. The van der Waals surface area contributed by atoms with E-state index in [4.69, 9.17) is 18.9 Å². The Morgan fingerprint density at radius 1 is 1.04 bits per heavy atom. The first kappa shape index (κ1) is 36.5. The van der Waals surface area contributed by atoms with Crippen molar-refractivity contribution in [2.24, 2.45) is 29.1 Å². The van der Waals surface area contributed by atoms with Crippen LogP contribution in [-0.4, -0.2) is 110 Å². The zero-order chi connectivity index (χ0) is 39.5. The molecule has 3 saturated carbocycles. The molecule has 4 aliphatic carbocycles. The molecule has 11 rings (SSSR count). The third-order valence-corrected chi connectivity index (χ3v) is 16.0. The highest BCUT2D eigenvalue weighted by atomic mass is 16.7. The van der Waals surface area contributed by atoms with Crippen molar-refractivity contribution in [3.63, 3.8) is 0 Å². The van der Waals surface area contributed by atoms with Gasteiger partial charge in [0.05, 0.1) is 35.3 Å². The Bertz CT molecular complexity index is 2200. The molecule has 2 aromatic carbocycles. The van der Waals surface area contributed by atoms with Gasteiger partial charge in [0, 0.05) is 41.0 Å². The molecule has 57 heavy (non-hydrogen) atoms. The number of hydrazine groups is 1. The zero-order valence-electron chi connectivity index (χ0n) is 32.0. The summed E-state index contributed by atoms with van der Waals surface area (Å²) in [6.07, 6.45) is 1.67. The zero-order valence-corrected chi connectivity index (χ0v) is 32.0. The van der Waals surface area contributed by atoms with Crippen molar-refractivity contribution in [3.05, 3.63) is 51.6 Å². The number of rotatable bonds is 4. The number of aliphatic hydroxyl groups excluding tert-OH is 3. The van der Waals surface area contributed by atoms with Crippen LogP contribution in [0.25, 0.3) is 10.8 Å². The van der Waals surface area contributed by atoms with Crippen molar-refractivity contribution >= 4 is 22.5 Å². The lowest BCUT2D eigenvalue weighted by molar-refractivity contribution is -0.337. The number of benzene rings is 2. The fourth-order valence-corrected chi connectivity index (χ4v) is 14.0. The van der Waals surface area contributed by atoms with Crippen molar-refractivity contribution in [1.82, 2.24) is 10.9 Å². The average molecular weight is 787 g/mol. The maximum atomic E-state index is 12.7.